The molecule has 1 aromatic heterocycles. The fraction of sp³-hybridized carbons (Fsp3) is 0.267. The molecule has 0 bridgehead atoms. The van der Waals surface area contributed by atoms with Crippen molar-refractivity contribution in [2.45, 2.75) is 20.4 Å². The largest absolute Gasteiger partial charge is 0.437 e. The molecule has 3 nitrogen and oxygen atoms in total. The molecular formula is C15H17ClN2O. The van der Waals surface area contributed by atoms with Crippen molar-refractivity contribution >= 4 is 11.6 Å². The minimum absolute atomic E-state index is 0.547. The van der Waals surface area contributed by atoms with Crippen LogP contribution in [0, 0.1) is 6.92 Å². The molecule has 100 valence electrons. The Balaban J connectivity index is 2.06. The third-order valence-electron chi connectivity index (χ3n) is 2.68. The van der Waals surface area contributed by atoms with E-state index in [1.807, 2.05) is 37.3 Å². The number of ether oxygens (including phenoxy) is 1. The summed E-state index contributed by atoms with van der Waals surface area (Å²) < 4.78 is 5.66. The summed E-state index contributed by atoms with van der Waals surface area (Å²) in [7, 11) is 0. The zero-order valence-electron chi connectivity index (χ0n) is 11.1. The minimum atomic E-state index is 0.547. The highest BCUT2D eigenvalue weighted by molar-refractivity contribution is 6.32. The average Bonchev–Trinajstić information content (AvgIpc) is 2.41. The first-order valence-electron chi connectivity index (χ1n) is 6.28. The molecule has 0 saturated carbocycles. The molecule has 1 heterocycles. The number of rotatable bonds is 5. The van der Waals surface area contributed by atoms with Gasteiger partial charge in [-0.15, -0.1) is 0 Å². The molecule has 0 unspecified atom stereocenters. The highest BCUT2D eigenvalue weighted by Crippen LogP contribution is 2.28. The second-order valence-electron chi connectivity index (χ2n) is 4.32. The van der Waals surface area contributed by atoms with Gasteiger partial charge in [-0.2, -0.15) is 0 Å². The molecule has 0 spiro atoms. The Morgan fingerprint density at radius 3 is 2.74 bits per heavy atom. The lowest BCUT2D eigenvalue weighted by molar-refractivity contribution is 0.462. The van der Waals surface area contributed by atoms with Crippen LogP contribution >= 0.6 is 11.6 Å². The molecule has 0 amide bonds. The molecule has 4 heteroatoms. The molecule has 19 heavy (non-hydrogen) atoms. The first-order valence-corrected chi connectivity index (χ1v) is 6.66. The second-order valence-corrected chi connectivity index (χ2v) is 4.73. The van der Waals surface area contributed by atoms with Gasteiger partial charge in [0.2, 0.25) is 5.88 Å². The quantitative estimate of drug-likeness (QED) is 0.898. The molecule has 0 fully saturated rings. The molecule has 2 rings (SSSR count). The molecule has 0 aliphatic rings. The van der Waals surface area contributed by atoms with Gasteiger partial charge in [0, 0.05) is 18.8 Å². The van der Waals surface area contributed by atoms with Crippen LogP contribution in [0.1, 0.15) is 18.1 Å². The smallest absolute Gasteiger partial charge is 0.219 e. The van der Waals surface area contributed by atoms with Crippen LogP contribution in [0.4, 0.5) is 0 Å². The zero-order chi connectivity index (χ0) is 13.7. The molecule has 0 aliphatic carbocycles. The van der Waals surface area contributed by atoms with Crippen LogP contribution in [0.25, 0.3) is 0 Å². The Morgan fingerprint density at radius 1 is 1.26 bits per heavy atom. The van der Waals surface area contributed by atoms with Crippen LogP contribution in [-0.4, -0.2) is 11.5 Å². The lowest BCUT2D eigenvalue weighted by Crippen LogP contribution is -2.11. The highest BCUT2D eigenvalue weighted by atomic mass is 35.5. The van der Waals surface area contributed by atoms with Crippen molar-refractivity contribution < 1.29 is 4.74 Å². The zero-order valence-corrected chi connectivity index (χ0v) is 11.9. The van der Waals surface area contributed by atoms with Crippen LogP contribution in [0.5, 0.6) is 11.6 Å². The van der Waals surface area contributed by atoms with Crippen LogP contribution in [0.3, 0.4) is 0 Å². The fourth-order valence-corrected chi connectivity index (χ4v) is 1.92. The van der Waals surface area contributed by atoms with E-state index in [1.165, 1.54) is 0 Å². The van der Waals surface area contributed by atoms with E-state index in [-0.39, 0.29) is 0 Å². The third-order valence-corrected chi connectivity index (χ3v) is 2.97. The van der Waals surface area contributed by atoms with Crippen LogP contribution in [0.2, 0.25) is 5.02 Å². The molecular weight excluding hydrogens is 260 g/mol. The monoisotopic (exact) mass is 276 g/mol. The summed E-state index contributed by atoms with van der Waals surface area (Å²) >= 11 is 6.12. The number of aromatic nitrogens is 1. The Morgan fingerprint density at radius 2 is 2.11 bits per heavy atom. The van der Waals surface area contributed by atoms with Gasteiger partial charge in [0.05, 0.1) is 5.02 Å². The predicted octanol–water partition coefficient (Wildman–Crippen LogP) is 3.95. The lowest BCUT2D eigenvalue weighted by atomic mass is 10.2. The van der Waals surface area contributed by atoms with E-state index in [4.69, 9.17) is 16.3 Å². The van der Waals surface area contributed by atoms with Gasteiger partial charge in [-0.1, -0.05) is 30.7 Å². The Labute approximate surface area is 118 Å². The maximum Gasteiger partial charge on any atom is 0.219 e. The van der Waals surface area contributed by atoms with Crippen molar-refractivity contribution in [2.24, 2.45) is 0 Å². The summed E-state index contributed by atoms with van der Waals surface area (Å²) in [6.07, 6.45) is 1.81. The first-order chi connectivity index (χ1) is 9.19. The van der Waals surface area contributed by atoms with Crippen LogP contribution in [0.15, 0.2) is 36.5 Å². The Kier molecular flexibility index (Phi) is 4.77. The van der Waals surface area contributed by atoms with Gasteiger partial charge in [0.25, 0.3) is 0 Å². The highest BCUT2D eigenvalue weighted by Gasteiger charge is 2.04. The Hall–Kier alpha value is -1.58. The van der Waals surface area contributed by atoms with Crippen molar-refractivity contribution in [3.05, 3.63) is 52.7 Å². The van der Waals surface area contributed by atoms with Crippen LogP contribution < -0.4 is 10.1 Å². The maximum absolute atomic E-state index is 6.12. The van der Waals surface area contributed by atoms with Gasteiger partial charge >= 0.3 is 0 Å². The van der Waals surface area contributed by atoms with Gasteiger partial charge in [-0.25, -0.2) is 4.98 Å². The Bertz CT molecular complexity index is 540. The third kappa shape index (κ3) is 3.94. The standard InChI is InChI=1S/C15H17ClN2O/c1-3-17-9-12-5-7-15(18-10-12)19-14-6-4-11(2)8-13(14)16/h4-8,10,17H,3,9H2,1-2H3. The van der Waals surface area contributed by atoms with Crippen molar-refractivity contribution in [3.8, 4) is 11.6 Å². The van der Waals surface area contributed by atoms with E-state index in [2.05, 4.69) is 17.2 Å². The number of benzene rings is 1. The molecule has 1 aromatic carbocycles. The molecule has 1 N–H and O–H groups in total. The van der Waals surface area contributed by atoms with E-state index in [0.29, 0.717) is 16.7 Å². The minimum Gasteiger partial charge on any atom is -0.437 e. The number of hydrogen-bond acceptors (Lipinski definition) is 3. The fourth-order valence-electron chi connectivity index (χ4n) is 1.65. The first kappa shape index (κ1) is 13.8. The number of halogens is 1. The summed E-state index contributed by atoms with van der Waals surface area (Å²) in [4.78, 5) is 4.27. The normalized spacial score (nSPS) is 10.5. The molecule has 0 atom stereocenters. The topological polar surface area (TPSA) is 34.1 Å². The van der Waals surface area contributed by atoms with E-state index >= 15 is 0 Å². The summed E-state index contributed by atoms with van der Waals surface area (Å²) in [5, 5.41) is 3.84. The number of aryl methyl sites for hydroxylation is 1. The summed E-state index contributed by atoms with van der Waals surface area (Å²) in [6.45, 7) is 5.82. The van der Waals surface area contributed by atoms with Gasteiger partial charge in [-0.3, -0.25) is 0 Å². The molecule has 2 aromatic rings. The van der Waals surface area contributed by atoms with Crippen molar-refractivity contribution in [1.29, 1.82) is 0 Å². The number of pyridine rings is 1. The van der Waals surface area contributed by atoms with E-state index in [9.17, 15) is 0 Å². The van der Waals surface area contributed by atoms with E-state index < -0.39 is 0 Å². The van der Waals surface area contributed by atoms with Crippen molar-refractivity contribution in [1.82, 2.24) is 10.3 Å². The molecule has 0 aliphatic heterocycles. The number of nitrogens with zero attached hydrogens (tertiary/aromatic N) is 1. The van der Waals surface area contributed by atoms with E-state index in [0.717, 1.165) is 24.2 Å². The summed E-state index contributed by atoms with van der Waals surface area (Å²) in [6, 6.07) is 9.53. The van der Waals surface area contributed by atoms with E-state index in [1.54, 1.807) is 6.20 Å². The van der Waals surface area contributed by atoms with Gasteiger partial charge in [0.1, 0.15) is 5.75 Å². The lowest BCUT2D eigenvalue weighted by Gasteiger charge is -2.08. The molecule has 0 radical (unpaired) electrons. The molecule has 0 saturated heterocycles. The second kappa shape index (κ2) is 6.55. The van der Waals surface area contributed by atoms with Crippen molar-refractivity contribution in [2.75, 3.05) is 6.54 Å². The van der Waals surface area contributed by atoms with Gasteiger partial charge in [0.15, 0.2) is 0 Å². The maximum atomic E-state index is 6.12. The summed E-state index contributed by atoms with van der Waals surface area (Å²) in [5.41, 5.74) is 2.23. The van der Waals surface area contributed by atoms with Crippen LogP contribution in [-0.2, 0) is 6.54 Å². The number of hydrogen-bond donors (Lipinski definition) is 1. The van der Waals surface area contributed by atoms with Gasteiger partial charge in [-0.05, 0) is 36.7 Å². The van der Waals surface area contributed by atoms with Crippen molar-refractivity contribution in [3.63, 3.8) is 0 Å². The SMILES string of the molecule is CCNCc1ccc(Oc2ccc(C)cc2Cl)nc1. The average molecular weight is 277 g/mol. The number of nitrogens with one attached hydrogen (secondary N) is 1. The van der Waals surface area contributed by atoms with Gasteiger partial charge < -0.3 is 10.1 Å². The summed E-state index contributed by atoms with van der Waals surface area (Å²) in [5.74, 6) is 1.17. The predicted molar refractivity (Wildman–Crippen MR) is 77.9 cm³/mol.